The third-order valence-electron chi connectivity index (χ3n) is 3.40. The molecule has 0 fully saturated rings. The summed E-state index contributed by atoms with van der Waals surface area (Å²) in [6.07, 6.45) is 1.76. The molecule has 0 saturated heterocycles. The molecule has 1 aromatic carbocycles. The van der Waals surface area contributed by atoms with Gasteiger partial charge >= 0.3 is 5.63 Å². The van der Waals surface area contributed by atoms with E-state index in [2.05, 4.69) is 10.3 Å². The van der Waals surface area contributed by atoms with E-state index in [-0.39, 0.29) is 12.1 Å². The summed E-state index contributed by atoms with van der Waals surface area (Å²) in [5.41, 5.74) is 0.416. The van der Waals surface area contributed by atoms with Crippen molar-refractivity contribution in [3.05, 3.63) is 70.3 Å². The zero-order valence-electron chi connectivity index (χ0n) is 12.5. The highest BCUT2D eigenvalue weighted by Gasteiger charge is 2.16. The van der Waals surface area contributed by atoms with Crippen molar-refractivity contribution in [2.45, 2.75) is 6.54 Å². The number of carbonyl (C=O) groups excluding carboxylic acids is 1. The maximum absolute atomic E-state index is 12.2. The highest BCUT2D eigenvalue weighted by atomic mass is 16.5. The molecular formula is C17H15N2O4+. The molecule has 0 atom stereocenters. The molecule has 3 rings (SSSR count). The minimum atomic E-state index is -0.698. The first-order valence-electron chi connectivity index (χ1n) is 7.03. The Balaban J connectivity index is 1.89. The number of amides is 1. The van der Waals surface area contributed by atoms with Crippen LogP contribution in [-0.4, -0.2) is 13.0 Å². The van der Waals surface area contributed by atoms with E-state index in [9.17, 15) is 9.59 Å². The van der Waals surface area contributed by atoms with Crippen molar-refractivity contribution in [1.82, 2.24) is 5.32 Å². The Labute approximate surface area is 131 Å². The van der Waals surface area contributed by atoms with Crippen LogP contribution in [0.2, 0.25) is 0 Å². The molecule has 2 N–H and O–H groups in total. The number of nitrogens with one attached hydrogen (secondary N) is 2. The molecule has 0 spiro atoms. The van der Waals surface area contributed by atoms with Crippen molar-refractivity contribution < 1.29 is 18.9 Å². The molecule has 116 valence electrons. The molecule has 2 heterocycles. The number of carbonyl (C=O) groups is 1. The van der Waals surface area contributed by atoms with Crippen LogP contribution >= 0.6 is 0 Å². The van der Waals surface area contributed by atoms with E-state index in [1.54, 1.807) is 24.4 Å². The number of H-pyrrole nitrogens is 1. The van der Waals surface area contributed by atoms with Crippen molar-refractivity contribution in [1.29, 1.82) is 0 Å². The van der Waals surface area contributed by atoms with Gasteiger partial charge in [0.1, 0.15) is 12.1 Å². The average Bonchev–Trinajstić information content (AvgIpc) is 2.59. The van der Waals surface area contributed by atoms with E-state index in [1.807, 2.05) is 18.2 Å². The Morgan fingerprint density at radius 3 is 2.87 bits per heavy atom. The zero-order valence-corrected chi connectivity index (χ0v) is 12.5. The fourth-order valence-corrected chi connectivity index (χ4v) is 2.25. The lowest BCUT2D eigenvalue weighted by atomic mass is 10.1. The van der Waals surface area contributed by atoms with Gasteiger partial charge in [0.15, 0.2) is 23.2 Å². The van der Waals surface area contributed by atoms with Crippen LogP contribution in [0.25, 0.3) is 11.0 Å². The van der Waals surface area contributed by atoms with Gasteiger partial charge in [0, 0.05) is 17.5 Å². The van der Waals surface area contributed by atoms with E-state index in [1.165, 1.54) is 13.2 Å². The van der Waals surface area contributed by atoms with Crippen molar-refractivity contribution >= 4 is 16.9 Å². The summed E-state index contributed by atoms with van der Waals surface area (Å²) in [5.74, 6) is -0.0360. The molecule has 0 aliphatic heterocycles. The number of para-hydroxylation sites is 1. The van der Waals surface area contributed by atoms with E-state index >= 15 is 0 Å². The Morgan fingerprint density at radius 1 is 1.26 bits per heavy atom. The molecular weight excluding hydrogens is 296 g/mol. The van der Waals surface area contributed by atoms with Gasteiger partial charge in [0.25, 0.3) is 5.91 Å². The number of methoxy groups -OCH3 is 1. The third kappa shape index (κ3) is 3.06. The molecule has 0 unspecified atom stereocenters. The Morgan fingerprint density at radius 2 is 2.13 bits per heavy atom. The summed E-state index contributed by atoms with van der Waals surface area (Å²) in [7, 11) is 1.49. The van der Waals surface area contributed by atoms with Gasteiger partial charge in [0.05, 0.1) is 7.11 Å². The minimum absolute atomic E-state index is 0.0401. The Bertz CT molecular complexity index is 903. The average molecular weight is 311 g/mol. The van der Waals surface area contributed by atoms with Crippen LogP contribution in [0, 0.1) is 0 Å². The summed E-state index contributed by atoms with van der Waals surface area (Å²) in [5, 5.41) is 3.31. The van der Waals surface area contributed by atoms with E-state index < -0.39 is 11.5 Å². The lowest BCUT2D eigenvalue weighted by Gasteiger charge is -2.06. The number of fused-ring (bicyclic) bond motifs is 1. The normalized spacial score (nSPS) is 10.5. The first-order valence-corrected chi connectivity index (χ1v) is 7.03. The Kier molecular flexibility index (Phi) is 4.05. The smallest absolute Gasteiger partial charge is 0.349 e. The van der Waals surface area contributed by atoms with Crippen LogP contribution in [0.1, 0.15) is 16.1 Å². The summed E-state index contributed by atoms with van der Waals surface area (Å²) in [6.45, 7) is 0.287. The van der Waals surface area contributed by atoms with Gasteiger partial charge in [-0.3, -0.25) is 4.79 Å². The van der Waals surface area contributed by atoms with Crippen molar-refractivity contribution in [2.24, 2.45) is 0 Å². The standard InChI is InChI=1S/C17H14N2O4/c1-22-14-7-4-5-11-9-13(17(21)23-15(11)14)16(20)19-10-12-6-2-3-8-18-12/h2-9H,10H2,1H3,(H,19,20)/p+1. The van der Waals surface area contributed by atoms with Crippen LogP contribution < -0.4 is 20.7 Å². The molecule has 0 radical (unpaired) electrons. The maximum atomic E-state index is 12.2. The predicted octanol–water partition coefficient (Wildman–Crippen LogP) is 1.55. The highest BCUT2D eigenvalue weighted by molar-refractivity contribution is 5.97. The second-order valence-corrected chi connectivity index (χ2v) is 4.90. The molecule has 2 aromatic heterocycles. The predicted molar refractivity (Wildman–Crippen MR) is 83.2 cm³/mol. The monoisotopic (exact) mass is 311 g/mol. The molecule has 6 nitrogen and oxygen atoms in total. The lowest BCUT2D eigenvalue weighted by Crippen LogP contribution is -2.30. The SMILES string of the molecule is COc1cccc2cc(C(=O)NCc3cccc[nH+]3)c(=O)oc12. The van der Waals surface area contributed by atoms with Crippen molar-refractivity contribution in [3.8, 4) is 5.75 Å². The second-order valence-electron chi connectivity index (χ2n) is 4.90. The summed E-state index contributed by atoms with van der Waals surface area (Å²) in [6, 6.07) is 12.3. The summed E-state index contributed by atoms with van der Waals surface area (Å²) in [4.78, 5) is 27.3. The third-order valence-corrected chi connectivity index (χ3v) is 3.40. The largest absolute Gasteiger partial charge is 0.493 e. The zero-order chi connectivity index (χ0) is 16.2. The first-order chi connectivity index (χ1) is 11.2. The maximum Gasteiger partial charge on any atom is 0.349 e. The molecule has 23 heavy (non-hydrogen) atoms. The van der Waals surface area contributed by atoms with Crippen LogP contribution in [0.4, 0.5) is 0 Å². The number of rotatable bonds is 4. The molecule has 0 aliphatic carbocycles. The molecule has 0 aliphatic rings. The molecule has 1 amide bonds. The molecule has 0 saturated carbocycles. The van der Waals surface area contributed by atoms with Gasteiger partial charge in [0.2, 0.25) is 0 Å². The number of aromatic amines is 1. The fraction of sp³-hybridized carbons (Fsp3) is 0.118. The lowest BCUT2D eigenvalue weighted by molar-refractivity contribution is -0.390. The van der Waals surface area contributed by atoms with Gasteiger partial charge in [-0.25, -0.2) is 9.78 Å². The number of hydrogen-bond donors (Lipinski definition) is 1. The topological polar surface area (TPSA) is 82.7 Å². The second kappa shape index (κ2) is 6.31. The number of aromatic nitrogens is 1. The Hall–Kier alpha value is -3.15. The van der Waals surface area contributed by atoms with Gasteiger partial charge in [-0.2, -0.15) is 0 Å². The van der Waals surface area contributed by atoms with Gasteiger partial charge in [-0.15, -0.1) is 0 Å². The van der Waals surface area contributed by atoms with Crippen LogP contribution in [0.3, 0.4) is 0 Å². The molecule has 3 aromatic rings. The molecule has 6 heteroatoms. The highest BCUT2D eigenvalue weighted by Crippen LogP contribution is 2.24. The van der Waals surface area contributed by atoms with Gasteiger partial charge < -0.3 is 14.5 Å². The first kappa shape index (κ1) is 14.8. The van der Waals surface area contributed by atoms with Crippen LogP contribution in [0.5, 0.6) is 5.75 Å². The van der Waals surface area contributed by atoms with Gasteiger partial charge in [-0.1, -0.05) is 18.2 Å². The minimum Gasteiger partial charge on any atom is -0.493 e. The van der Waals surface area contributed by atoms with E-state index in [4.69, 9.17) is 9.15 Å². The van der Waals surface area contributed by atoms with Crippen LogP contribution in [-0.2, 0) is 6.54 Å². The fourth-order valence-electron chi connectivity index (χ4n) is 2.25. The molecule has 0 bridgehead atoms. The van der Waals surface area contributed by atoms with Crippen molar-refractivity contribution in [2.75, 3.05) is 7.11 Å². The summed E-state index contributed by atoms with van der Waals surface area (Å²) >= 11 is 0. The van der Waals surface area contributed by atoms with Crippen LogP contribution in [0.15, 0.2) is 57.9 Å². The quantitative estimate of drug-likeness (QED) is 0.741. The summed E-state index contributed by atoms with van der Waals surface area (Å²) < 4.78 is 10.4. The number of hydrogen-bond acceptors (Lipinski definition) is 4. The number of pyridine rings is 1. The van der Waals surface area contributed by atoms with Gasteiger partial charge in [-0.05, 0) is 12.1 Å². The van der Waals surface area contributed by atoms with Crippen molar-refractivity contribution in [3.63, 3.8) is 0 Å². The number of ether oxygens (including phenoxy) is 1. The number of benzene rings is 1. The van der Waals surface area contributed by atoms with E-state index in [0.29, 0.717) is 16.7 Å². The van der Waals surface area contributed by atoms with E-state index in [0.717, 1.165) is 5.69 Å².